The molecule has 1 aromatic rings. The minimum Gasteiger partial charge on any atom is -0.454 e. The summed E-state index contributed by atoms with van der Waals surface area (Å²) >= 11 is 0. The Hall–Kier alpha value is -1.60. The van der Waals surface area contributed by atoms with E-state index in [0.29, 0.717) is 26.6 Å². The molecule has 2 heterocycles. The monoisotopic (exact) mass is 334 g/mol. The van der Waals surface area contributed by atoms with Gasteiger partial charge in [0.05, 0.1) is 19.3 Å². The quantitative estimate of drug-likeness (QED) is 0.567. The number of aliphatic hydroxyl groups is 1. The van der Waals surface area contributed by atoms with Crippen LogP contribution in [0.2, 0.25) is 0 Å². The number of benzene rings is 1. The normalized spacial score (nSPS) is 19.4. The maximum Gasteiger partial charge on any atom is 0.231 e. The second kappa shape index (κ2) is 8.48. The molecule has 0 bridgehead atoms. The average molecular weight is 334 g/mol. The lowest BCUT2D eigenvalue weighted by Crippen LogP contribution is -2.48. The Balaban J connectivity index is 1.40. The van der Waals surface area contributed by atoms with Gasteiger partial charge in [0.2, 0.25) is 6.79 Å². The van der Waals surface area contributed by atoms with Crippen molar-refractivity contribution in [2.75, 3.05) is 52.7 Å². The fourth-order valence-corrected chi connectivity index (χ4v) is 3.07. The molecule has 0 aliphatic carbocycles. The minimum atomic E-state index is -0.439. The van der Waals surface area contributed by atoms with Crippen LogP contribution in [0.25, 0.3) is 0 Å². The third-order valence-corrected chi connectivity index (χ3v) is 4.32. The zero-order valence-corrected chi connectivity index (χ0v) is 14.0. The summed E-state index contributed by atoms with van der Waals surface area (Å²) in [4.78, 5) is 4.71. The molecular formula is C18H26N2O4. The van der Waals surface area contributed by atoms with E-state index in [1.807, 2.05) is 6.07 Å². The molecule has 2 aliphatic heterocycles. The van der Waals surface area contributed by atoms with Gasteiger partial charge >= 0.3 is 0 Å². The van der Waals surface area contributed by atoms with Gasteiger partial charge in [-0.2, -0.15) is 0 Å². The van der Waals surface area contributed by atoms with Crippen molar-refractivity contribution >= 4 is 0 Å². The molecule has 1 N–H and O–H groups in total. The highest BCUT2D eigenvalue weighted by Crippen LogP contribution is 2.32. The number of rotatable bonds is 8. The number of nitrogens with zero attached hydrogens (tertiary/aromatic N) is 2. The Morgan fingerprint density at radius 2 is 1.92 bits per heavy atom. The molecule has 24 heavy (non-hydrogen) atoms. The summed E-state index contributed by atoms with van der Waals surface area (Å²) in [6, 6.07) is 6.14. The molecule has 1 unspecified atom stereocenters. The van der Waals surface area contributed by atoms with E-state index in [1.54, 1.807) is 6.08 Å². The van der Waals surface area contributed by atoms with Gasteiger partial charge in [0.15, 0.2) is 11.5 Å². The third-order valence-electron chi connectivity index (χ3n) is 4.32. The molecule has 0 amide bonds. The summed E-state index contributed by atoms with van der Waals surface area (Å²) in [5.41, 5.74) is 1.24. The van der Waals surface area contributed by atoms with Crippen molar-refractivity contribution < 1.29 is 19.3 Å². The molecule has 6 nitrogen and oxygen atoms in total. The molecule has 1 aromatic carbocycles. The van der Waals surface area contributed by atoms with Crippen molar-refractivity contribution in [2.45, 2.75) is 12.6 Å². The number of hydrogen-bond donors (Lipinski definition) is 1. The summed E-state index contributed by atoms with van der Waals surface area (Å²) in [6.45, 7) is 10.3. The van der Waals surface area contributed by atoms with Gasteiger partial charge in [0.1, 0.15) is 0 Å². The van der Waals surface area contributed by atoms with Gasteiger partial charge in [0.25, 0.3) is 0 Å². The standard InChI is InChI=1S/C18H26N2O4/c1-2-9-22-13-16(21)12-20-7-5-19(6-8-20)11-15-3-4-17-18(10-15)24-14-23-17/h2-4,10,16,21H,1,5-9,11-14H2. The van der Waals surface area contributed by atoms with Gasteiger partial charge in [-0.3, -0.25) is 9.80 Å². The second-order valence-corrected chi connectivity index (χ2v) is 6.24. The Morgan fingerprint density at radius 3 is 2.71 bits per heavy atom. The van der Waals surface area contributed by atoms with Crippen molar-refractivity contribution in [2.24, 2.45) is 0 Å². The first-order valence-electron chi connectivity index (χ1n) is 8.44. The second-order valence-electron chi connectivity index (χ2n) is 6.24. The van der Waals surface area contributed by atoms with E-state index < -0.39 is 6.10 Å². The van der Waals surface area contributed by atoms with Crippen LogP contribution in [-0.4, -0.2) is 73.7 Å². The SMILES string of the molecule is C=CCOCC(O)CN1CCN(Cc2ccc3c(c2)OCO3)CC1. The third kappa shape index (κ3) is 4.70. The van der Waals surface area contributed by atoms with Crippen molar-refractivity contribution in [3.8, 4) is 11.5 Å². The van der Waals surface area contributed by atoms with Crippen LogP contribution in [0.4, 0.5) is 0 Å². The Kier molecular flexibility index (Phi) is 6.09. The topological polar surface area (TPSA) is 54.4 Å². The number of aliphatic hydroxyl groups excluding tert-OH is 1. The molecular weight excluding hydrogens is 308 g/mol. The van der Waals surface area contributed by atoms with Gasteiger partial charge in [-0.1, -0.05) is 12.1 Å². The van der Waals surface area contributed by atoms with E-state index in [2.05, 4.69) is 28.5 Å². The summed E-state index contributed by atoms with van der Waals surface area (Å²) in [6.07, 6.45) is 1.26. The molecule has 1 saturated heterocycles. The van der Waals surface area contributed by atoms with Crippen LogP contribution in [0.3, 0.4) is 0 Å². The molecule has 0 spiro atoms. The first-order chi connectivity index (χ1) is 11.7. The highest BCUT2D eigenvalue weighted by molar-refractivity contribution is 5.44. The van der Waals surface area contributed by atoms with Crippen LogP contribution in [-0.2, 0) is 11.3 Å². The molecule has 132 valence electrons. The number of ether oxygens (including phenoxy) is 3. The zero-order chi connectivity index (χ0) is 16.8. The van der Waals surface area contributed by atoms with E-state index >= 15 is 0 Å². The van der Waals surface area contributed by atoms with Crippen molar-refractivity contribution in [1.29, 1.82) is 0 Å². The van der Waals surface area contributed by atoms with E-state index in [0.717, 1.165) is 44.2 Å². The van der Waals surface area contributed by atoms with Crippen molar-refractivity contribution in [3.05, 3.63) is 36.4 Å². The lowest BCUT2D eigenvalue weighted by molar-refractivity contribution is 0.0142. The highest BCUT2D eigenvalue weighted by Gasteiger charge is 2.20. The van der Waals surface area contributed by atoms with Gasteiger partial charge < -0.3 is 19.3 Å². The molecule has 1 fully saturated rings. The molecule has 1 atom stereocenters. The fourth-order valence-electron chi connectivity index (χ4n) is 3.07. The molecule has 6 heteroatoms. The molecule has 0 radical (unpaired) electrons. The van der Waals surface area contributed by atoms with Gasteiger partial charge in [0, 0.05) is 39.3 Å². The molecule has 0 aromatic heterocycles. The van der Waals surface area contributed by atoms with E-state index in [-0.39, 0.29) is 0 Å². The summed E-state index contributed by atoms with van der Waals surface area (Å²) < 4.78 is 16.1. The zero-order valence-electron chi connectivity index (χ0n) is 14.0. The largest absolute Gasteiger partial charge is 0.454 e. The Bertz CT molecular complexity index is 544. The minimum absolute atomic E-state index is 0.316. The maximum atomic E-state index is 9.98. The van der Waals surface area contributed by atoms with Crippen molar-refractivity contribution in [1.82, 2.24) is 9.80 Å². The van der Waals surface area contributed by atoms with Crippen molar-refractivity contribution in [3.63, 3.8) is 0 Å². The molecule has 2 aliphatic rings. The summed E-state index contributed by atoms with van der Waals surface area (Å²) in [7, 11) is 0. The maximum absolute atomic E-state index is 9.98. The fraction of sp³-hybridized carbons (Fsp3) is 0.556. The molecule has 3 rings (SSSR count). The number of fused-ring (bicyclic) bond motifs is 1. The van der Waals surface area contributed by atoms with E-state index in [1.165, 1.54) is 5.56 Å². The smallest absolute Gasteiger partial charge is 0.231 e. The van der Waals surface area contributed by atoms with E-state index in [4.69, 9.17) is 14.2 Å². The summed E-state index contributed by atoms with van der Waals surface area (Å²) in [5, 5.41) is 9.98. The van der Waals surface area contributed by atoms with Crippen LogP contribution in [0.1, 0.15) is 5.56 Å². The highest BCUT2D eigenvalue weighted by atomic mass is 16.7. The first kappa shape index (κ1) is 17.2. The molecule has 0 saturated carbocycles. The average Bonchev–Trinajstić information content (AvgIpc) is 3.05. The Morgan fingerprint density at radius 1 is 1.17 bits per heavy atom. The predicted molar refractivity (Wildman–Crippen MR) is 91.3 cm³/mol. The lowest BCUT2D eigenvalue weighted by Gasteiger charge is -2.35. The Labute approximate surface area is 143 Å². The lowest BCUT2D eigenvalue weighted by atomic mass is 10.1. The number of hydrogen-bond acceptors (Lipinski definition) is 6. The first-order valence-corrected chi connectivity index (χ1v) is 8.44. The summed E-state index contributed by atoms with van der Waals surface area (Å²) in [5.74, 6) is 1.67. The van der Waals surface area contributed by atoms with E-state index in [9.17, 15) is 5.11 Å². The number of β-amino-alcohol motifs (C(OH)–C–C–N with tert-alkyl or cyclic N) is 1. The van der Waals surface area contributed by atoms with Gasteiger partial charge in [-0.25, -0.2) is 0 Å². The van der Waals surface area contributed by atoms with Crippen LogP contribution >= 0.6 is 0 Å². The predicted octanol–water partition coefficient (Wildman–Crippen LogP) is 1.10. The van der Waals surface area contributed by atoms with Crippen LogP contribution in [0.5, 0.6) is 11.5 Å². The van der Waals surface area contributed by atoms with Crippen LogP contribution in [0, 0.1) is 0 Å². The van der Waals surface area contributed by atoms with Crippen LogP contribution in [0.15, 0.2) is 30.9 Å². The van der Waals surface area contributed by atoms with Gasteiger partial charge in [-0.15, -0.1) is 6.58 Å². The van der Waals surface area contributed by atoms with Crippen LogP contribution < -0.4 is 9.47 Å². The van der Waals surface area contributed by atoms with Gasteiger partial charge in [-0.05, 0) is 17.7 Å². The number of piperazine rings is 1.